The van der Waals surface area contributed by atoms with Gasteiger partial charge < -0.3 is 10.2 Å². The zero-order valence-electron chi connectivity index (χ0n) is 15.3. The van der Waals surface area contributed by atoms with E-state index in [0.29, 0.717) is 29.6 Å². The summed E-state index contributed by atoms with van der Waals surface area (Å²) in [5, 5.41) is 3.43. The molecule has 0 bridgehead atoms. The fourth-order valence-electron chi connectivity index (χ4n) is 3.04. The van der Waals surface area contributed by atoms with Crippen LogP contribution in [-0.2, 0) is 4.79 Å². The minimum absolute atomic E-state index is 0.152. The summed E-state index contributed by atoms with van der Waals surface area (Å²) in [5.41, 5.74) is 1.60. The monoisotopic (exact) mass is 382 g/mol. The van der Waals surface area contributed by atoms with E-state index >= 15 is 0 Å². The fourth-order valence-corrected chi connectivity index (χ4v) is 3.17. The molecule has 0 unspecified atom stereocenters. The van der Waals surface area contributed by atoms with Gasteiger partial charge in [-0.3, -0.25) is 9.59 Å². The van der Waals surface area contributed by atoms with Crippen LogP contribution in [0.3, 0.4) is 0 Å². The van der Waals surface area contributed by atoms with Gasteiger partial charge in [-0.2, -0.15) is 0 Å². The van der Waals surface area contributed by atoms with Crippen LogP contribution in [0.1, 0.15) is 35.7 Å². The van der Waals surface area contributed by atoms with Gasteiger partial charge in [-0.1, -0.05) is 48.9 Å². The molecule has 140 valence electrons. The Bertz CT molecular complexity index is 823. The molecule has 4 nitrogen and oxygen atoms in total. The van der Waals surface area contributed by atoms with Gasteiger partial charge in [0.2, 0.25) is 0 Å². The largest absolute Gasteiger partial charge is 0.337 e. The second kappa shape index (κ2) is 8.87. The summed E-state index contributed by atoms with van der Waals surface area (Å²) in [6.07, 6.45) is 3.66. The highest BCUT2D eigenvalue weighted by molar-refractivity contribution is 6.30. The molecular weight excluding hydrogens is 360 g/mol. The summed E-state index contributed by atoms with van der Waals surface area (Å²) in [6, 6.07) is 16.1. The second-order valence-electron chi connectivity index (χ2n) is 6.90. The van der Waals surface area contributed by atoms with Crippen molar-refractivity contribution in [3.63, 3.8) is 0 Å². The van der Waals surface area contributed by atoms with Gasteiger partial charge in [0.1, 0.15) is 5.70 Å². The molecular formula is C22H23ClN2O2. The molecule has 3 rings (SSSR count). The van der Waals surface area contributed by atoms with Gasteiger partial charge in [0, 0.05) is 23.7 Å². The standard InChI is InChI=1S/C22H23ClN2O2/c1-16-11-13-25(14-12-16)22(27)20(15-17-7-9-19(23)10-8-17)24-21(26)18-5-3-2-4-6-18/h2-10,15-16H,11-14H2,1H3,(H,24,26)/b20-15+. The molecule has 2 aromatic carbocycles. The van der Waals surface area contributed by atoms with Crippen molar-refractivity contribution in [3.05, 3.63) is 76.4 Å². The number of benzene rings is 2. The molecule has 1 N–H and O–H groups in total. The Morgan fingerprint density at radius 2 is 1.67 bits per heavy atom. The molecule has 0 aromatic heterocycles. The van der Waals surface area contributed by atoms with Crippen molar-refractivity contribution in [2.24, 2.45) is 5.92 Å². The quantitative estimate of drug-likeness (QED) is 0.798. The maximum atomic E-state index is 13.1. The smallest absolute Gasteiger partial charge is 0.270 e. The van der Waals surface area contributed by atoms with Crippen molar-refractivity contribution in [3.8, 4) is 0 Å². The highest BCUT2D eigenvalue weighted by Gasteiger charge is 2.24. The number of nitrogens with one attached hydrogen (secondary N) is 1. The van der Waals surface area contributed by atoms with Crippen LogP contribution in [0.2, 0.25) is 5.02 Å². The average Bonchev–Trinajstić information content (AvgIpc) is 2.70. The lowest BCUT2D eigenvalue weighted by atomic mass is 9.99. The summed E-state index contributed by atoms with van der Waals surface area (Å²) in [5.74, 6) is 0.173. The van der Waals surface area contributed by atoms with Crippen LogP contribution in [0, 0.1) is 5.92 Å². The molecule has 0 radical (unpaired) electrons. The average molecular weight is 383 g/mol. The minimum atomic E-state index is -0.297. The third-order valence-corrected chi connectivity index (χ3v) is 5.02. The Balaban J connectivity index is 1.85. The predicted molar refractivity (Wildman–Crippen MR) is 108 cm³/mol. The van der Waals surface area contributed by atoms with Crippen molar-refractivity contribution in [2.45, 2.75) is 19.8 Å². The molecule has 1 saturated heterocycles. The summed E-state index contributed by atoms with van der Waals surface area (Å²) >= 11 is 5.94. The molecule has 2 aromatic rings. The topological polar surface area (TPSA) is 49.4 Å². The number of carbonyl (C=O) groups excluding carboxylic acids is 2. The van der Waals surface area contributed by atoms with E-state index in [1.807, 2.05) is 23.1 Å². The van der Waals surface area contributed by atoms with Crippen molar-refractivity contribution in [1.29, 1.82) is 0 Å². The third-order valence-electron chi connectivity index (χ3n) is 4.77. The number of hydrogen-bond acceptors (Lipinski definition) is 2. The lowest BCUT2D eigenvalue weighted by Gasteiger charge is -2.31. The lowest BCUT2D eigenvalue weighted by molar-refractivity contribution is -0.128. The van der Waals surface area contributed by atoms with Crippen LogP contribution in [0.25, 0.3) is 6.08 Å². The van der Waals surface area contributed by atoms with E-state index in [2.05, 4.69) is 12.2 Å². The zero-order chi connectivity index (χ0) is 19.2. The third kappa shape index (κ3) is 5.20. The Kier molecular flexibility index (Phi) is 6.30. The first-order valence-corrected chi connectivity index (χ1v) is 9.53. The Labute approximate surface area is 164 Å². The van der Waals surface area contributed by atoms with Crippen molar-refractivity contribution in [1.82, 2.24) is 10.2 Å². The van der Waals surface area contributed by atoms with Gasteiger partial charge >= 0.3 is 0 Å². The molecule has 1 fully saturated rings. The van der Waals surface area contributed by atoms with E-state index in [1.165, 1.54) is 0 Å². The number of nitrogens with zero attached hydrogens (tertiary/aromatic N) is 1. The maximum Gasteiger partial charge on any atom is 0.270 e. The van der Waals surface area contributed by atoms with Gasteiger partial charge in [0.25, 0.3) is 11.8 Å². The Morgan fingerprint density at radius 3 is 2.30 bits per heavy atom. The van der Waals surface area contributed by atoms with E-state index < -0.39 is 0 Å². The number of rotatable bonds is 4. The SMILES string of the molecule is CC1CCN(C(=O)/C(=C\c2ccc(Cl)cc2)NC(=O)c2ccccc2)CC1. The molecule has 27 heavy (non-hydrogen) atoms. The van der Waals surface area contributed by atoms with Gasteiger partial charge in [-0.05, 0) is 54.7 Å². The molecule has 5 heteroatoms. The normalized spacial score (nSPS) is 15.5. The summed E-state index contributed by atoms with van der Waals surface area (Å²) in [4.78, 5) is 27.5. The van der Waals surface area contributed by atoms with Crippen molar-refractivity contribution >= 4 is 29.5 Å². The molecule has 0 saturated carbocycles. The van der Waals surface area contributed by atoms with Gasteiger partial charge in [-0.25, -0.2) is 0 Å². The van der Waals surface area contributed by atoms with Crippen molar-refractivity contribution in [2.75, 3.05) is 13.1 Å². The number of likely N-dealkylation sites (tertiary alicyclic amines) is 1. The highest BCUT2D eigenvalue weighted by Crippen LogP contribution is 2.19. The lowest BCUT2D eigenvalue weighted by Crippen LogP contribution is -2.42. The van der Waals surface area contributed by atoms with Gasteiger partial charge in [0.05, 0.1) is 0 Å². The molecule has 0 aliphatic carbocycles. The highest BCUT2D eigenvalue weighted by atomic mass is 35.5. The minimum Gasteiger partial charge on any atom is -0.337 e. The Morgan fingerprint density at radius 1 is 1.04 bits per heavy atom. The van der Waals surface area contributed by atoms with E-state index in [4.69, 9.17) is 11.6 Å². The molecule has 1 aliphatic heterocycles. The van der Waals surface area contributed by atoms with Crippen LogP contribution in [0.5, 0.6) is 0 Å². The number of amides is 2. The predicted octanol–water partition coefficient (Wildman–Crippen LogP) is 4.37. The maximum absolute atomic E-state index is 13.1. The first-order chi connectivity index (χ1) is 13.0. The van der Waals surface area contributed by atoms with Crippen LogP contribution >= 0.6 is 11.6 Å². The molecule has 1 heterocycles. The number of piperidine rings is 1. The van der Waals surface area contributed by atoms with Crippen LogP contribution < -0.4 is 5.32 Å². The summed E-state index contributed by atoms with van der Waals surface area (Å²) in [7, 11) is 0. The molecule has 1 aliphatic rings. The zero-order valence-corrected chi connectivity index (χ0v) is 16.1. The van der Waals surface area contributed by atoms with E-state index in [1.54, 1.807) is 42.5 Å². The number of halogens is 1. The first-order valence-electron chi connectivity index (χ1n) is 9.16. The Hall–Kier alpha value is -2.59. The molecule has 0 atom stereocenters. The van der Waals surface area contributed by atoms with Crippen LogP contribution in [-0.4, -0.2) is 29.8 Å². The van der Waals surface area contributed by atoms with Crippen molar-refractivity contribution < 1.29 is 9.59 Å². The van der Waals surface area contributed by atoms with E-state index in [0.717, 1.165) is 18.4 Å². The fraction of sp³-hybridized carbons (Fsp3) is 0.273. The first kappa shape index (κ1) is 19.2. The van der Waals surface area contributed by atoms with Crippen LogP contribution in [0.4, 0.5) is 0 Å². The van der Waals surface area contributed by atoms with E-state index in [9.17, 15) is 9.59 Å². The van der Waals surface area contributed by atoms with Gasteiger partial charge in [0.15, 0.2) is 0 Å². The number of carbonyl (C=O) groups is 2. The van der Waals surface area contributed by atoms with Crippen LogP contribution in [0.15, 0.2) is 60.3 Å². The summed E-state index contributed by atoms with van der Waals surface area (Å²) in [6.45, 7) is 3.61. The van der Waals surface area contributed by atoms with Gasteiger partial charge in [-0.15, -0.1) is 0 Å². The molecule has 2 amide bonds. The summed E-state index contributed by atoms with van der Waals surface area (Å²) < 4.78 is 0. The number of hydrogen-bond donors (Lipinski definition) is 1. The molecule has 0 spiro atoms. The van der Waals surface area contributed by atoms with E-state index in [-0.39, 0.29) is 17.5 Å². The second-order valence-corrected chi connectivity index (χ2v) is 7.34.